The summed E-state index contributed by atoms with van der Waals surface area (Å²) in [6.07, 6.45) is -0.946. The molecule has 2 unspecified atom stereocenters. The summed E-state index contributed by atoms with van der Waals surface area (Å²) in [5, 5.41) is 11.0. The number of aliphatic hydroxyl groups excluding tert-OH is 1. The van der Waals surface area contributed by atoms with E-state index in [9.17, 15) is 9.59 Å². The molecular formula is C10H25N3O3. The monoisotopic (exact) mass is 235 g/mol. The number of primary amides is 1. The van der Waals surface area contributed by atoms with Crippen molar-refractivity contribution in [1.82, 2.24) is 5.32 Å². The van der Waals surface area contributed by atoms with Crippen LogP contribution in [0.15, 0.2) is 0 Å². The highest BCUT2D eigenvalue weighted by Crippen LogP contribution is 1.87. The average molecular weight is 235 g/mol. The molecule has 0 saturated heterocycles. The van der Waals surface area contributed by atoms with Crippen LogP contribution >= 0.6 is 0 Å². The van der Waals surface area contributed by atoms with Crippen molar-refractivity contribution in [2.75, 3.05) is 6.54 Å². The molecule has 0 saturated carbocycles. The Morgan fingerprint density at radius 1 is 1.25 bits per heavy atom. The summed E-state index contributed by atoms with van der Waals surface area (Å²) in [7, 11) is 0. The topological polar surface area (TPSA) is 118 Å². The van der Waals surface area contributed by atoms with E-state index in [-0.39, 0.29) is 6.54 Å². The van der Waals surface area contributed by atoms with E-state index in [2.05, 4.69) is 5.32 Å². The van der Waals surface area contributed by atoms with Crippen LogP contribution in [0.5, 0.6) is 0 Å². The van der Waals surface area contributed by atoms with E-state index in [1.54, 1.807) is 0 Å². The van der Waals surface area contributed by atoms with Gasteiger partial charge >= 0.3 is 0 Å². The van der Waals surface area contributed by atoms with Crippen molar-refractivity contribution in [2.45, 2.75) is 46.8 Å². The molecule has 6 N–H and O–H groups in total. The molecule has 0 bridgehead atoms. The summed E-state index contributed by atoms with van der Waals surface area (Å²) in [4.78, 5) is 21.1. The van der Waals surface area contributed by atoms with E-state index >= 15 is 0 Å². The van der Waals surface area contributed by atoms with Gasteiger partial charge in [-0.25, -0.2) is 0 Å². The van der Waals surface area contributed by atoms with E-state index in [4.69, 9.17) is 16.6 Å². The van der Waals surface area contributed by atoms with E-state index in [0.717, 1.165) is 0 Å². The number of nitrogens with one attached hydrogen (secondary N) is 1. The van der Waals surface area contributed by atoms with Gasteiger partial charge < -0.3 is 21.9 Å². The second-order valence-electron chi connectivity index (χ2n) is 2.45. The molecule has 2 amide bonds. The maximum atomic E-state index is 10.9. The zero-order valence-electron chi connectivity index (χ0n) is 10.8. The van der Waals surface area contributed by atoms with Crippen molar-refractivity contribution < 1.29 is 14.7 Å². The van der Waals surface area contributed by atoms with E-state index in [0.29, 0.717) is 0 Å². The van der Waals surface area contributed by atoms with E-state index in [1.165, 1.54) is 6.92 Å². The van der Waals surface area contributed by atoms with Gasteiger partial charge in [-0.15, -0.1) is 0 Å². The summed E-state index contributed by atoms with van der Waals surface area (Å²) in [5.41, 5.74) is 9.99. The minimum absolute atomic E-state index is 0.265. The maximum absolute atomic E-state index is 10.9. The molecule has 0 aliphatic rings. The number of carbonyl (C=O) groups excluding carboxylic acids is 2. The lowest BCUT2D eigenvalue weighted by molar-refractivity contribution is -0.127. The Morgan fingerprint density at radius 3 is 1.88 bits per heavy atom. The zero-order chi connectivity index (χ0) is 13.7. The fraction of sp³-hybridized carbons (Fsp3) is 0.800. The van der Waals surface area contributed by atoms with E-state index in [1.807, 2.05) is 27.7 Å². The third kappa shape index (κ3) is 12.9. The highest BCUT2D eigenvalue weighted by molar-refractivity contribution is 5.86. The van der Waals surface area contributed by atoms with Crippen LogP contribution in [0.3, 0.4) is 0 Å². The van der Waals surface area contributed by atoms with Crippen molar-refractivity contribution in [2.24, 2.45) is 11.5 Å². The van der Waals surface area contributed by atoms with Gasteiger partial charge in [0.05, 0.1) is 12.6 Å². The first kappa shape index (κ1) is 20.3. The normalized spacial score (nSPS) is 11.9. The second kappa shape index (κ2) is 13.9. The first-order valence-electron chi connectivity index (χ1n) is 5.44. The fourth-order valence-electron chi connectivity index (χ4n) is 0.511. The number of nitrogens with two attached hydrogens (primary N) is 2. The molecule has 98 valence electrons. The Labute approximate surface area is 97.4 Å². The number of carbonyl (C=O) groups is 2. The largest absolute Gasteiger partial charge is 0.391 e. The summed E-state index contributed by atoms with van der Waals surface area (Å²) in [6.45, 7) is 9.12. The van der Waals surface area contributed by atoms with Crippen LogP contribution < -0.4 is 16.8 Å². The maximum Gasteiger partial charge on any atom is 0.240 e. The van der Waals surface area contributed by atoms with Crippen molar-refractivity contribution in [1.29, 1.82) is 0 Å². The molecule has 16 heavy (non-hydrogen) atoms. The molecule has 0 aliphatic heterocycles. The molecule has 0 aliphatic carbocycles. The molecular weight excluding hydrogens is 210 g/mol. The van der Waals surface area contributed by atoms with Crippen LogP contribution in [0.2, 0.25) is 0 Å². The summed E-state index contributed by atoms with van der Waals surface area (Å²) in [6, 6.07) is -1.02. The molecule has 0 heterocycles. The Morgan fingerprint density at radius 2 is 1.62 bits per heavy atom. The zero-order valence-corrected chi connectivity index (χ0v) is 10.8. The highest BCUT2D eigenvalue weighted by Gasteiger charge is 2.18. The SMILES string of the molecule is CC.CC.CC(O)C(N)C(=O)NCC(N)=O. The fourth-order valence-corrected chi connectivity index (χ4v) is 0.511. The van der Waals surface area contributed by atoms with Gasteiger partial charge in [0.25, 0.3) is 0 Å². The van der Waals surface area contributed by atoms with Crippen molar-refractivity contribution in [3.63, 3.8) is 0 Å². The van der Waals surface area contributed by atoms with Gasteiger partial charge in [-0.1, -0.05) is 27.7 Å². The molecule has 0 fully saturated rings. The number of amides is 2. The Bertz CT molecular complexity index is 184. The standard InChI is InChI=1S/C6H13N3O3.2C2H6/c1-3(10)5(8)6(12)9-2-4(7)11;2*1-2/h3,5,10H,2,8H2,1H3,(H2,7,11)(H,9,12);2*1-2H3. The third-order valence-corrected chi connectivity index (χ3v) is 1.26. The van der Waals surface area contributed by atoms with Gasteiger partial charge in [-0.3, -0.25) is 9.59 Å². The smallest absolute Gasteiger partial charge is 0.240 e. The lowest BCUT2D eigenvalue weighted by Gasteiger charge is -2.13. The lowest BCUT2D eigenvalue weighted by Crippen LogP contribution is -2.49. The van der Waals surface area contributed by atoms with E-state index < -0.39 is 24.0 Å². The van der Waals surface area contributed by atoms with Gasteiger partial charge in [0.2, 0.25) is 11.8 Å². The number of rotatable bonds is 4. The molecule has 6 nitrogen and oxygen atoms in total. The first-order chi connectivity index (χ1) is 7.45. The molecule has 0 spiro atoms. The summed E-state index contributed by atoms with van der Waals surface area (Å²) in [5.74, 6) is -1.25. The quantitative estimate of drug-likeness (QED) is 0.517. The van der Waals surface area contributed by atoms with Crippen LogP contribution in [0.25, 0.3) is 0 Å². The van der Waals surface area contributed by atoms with Gasteiger partial charge in [-0.2, -0.15) is 0 Å². The first-order valence-corrected chi connectivity index (χ1v) is 5.44. The van der Waals surface area contributed by atoms with Crippen molar-refractivity contribution in [3.8, 4) is 0 Å². The predicted molar refractivity (Wildman–Crippen MR) is 64.6 cm³/mol. The molecule has 6 heteroatoms. The molecule has 2 atom stereocenters. The van der Waals surface area contributed by atoms with Crippen LogP contribution in [-0.4, -0.2) is 35.6 Å². The predicted octanol–water partition coefficient (Wildman–Crippen LogP) is -0.652. The molecule has 0 radical (unpaired) electrons. The van der Waals surface area contributed by atoms with Gasteiger partial charge in [0.1, 0.15) is 6.04 Å². The Kier molecular flexibility index (Phi) is 17.6. The van der Waals surface area contributed by atoms with Crippen LogP contribution in [0.1, 0.15) is 34.6 Å². The number of aliphatic hydroxyl groups is 1. The Hall–Kier alpha value is -1.14. The van der Waals surface area contributed by atoms with Crippen molar-refractivity contribution in [3.05, 3.63) is 0 Å². The van der Waals surface area contributed by atoms with Crippen LogP contribution in [0.4, 0.5) is 0 Å². The number of hydrogen-bond donors (Lipinski definition) is 4. The minimum atomic E-state index is -1.02. The van der Waals surface area contributed by atoms with Gasteiger partial charge in [0.15, 0.2) is 0 Å². The molecule has 0 aromatic heterocycles. The third-order valence-electron chi connectivity index (χ3n) is 1.26. The summed E-state index contributed by atoms with van der Waals surface area (Å²) < 4.78 is 0. The molecule has 0 aromatic rings. The molecule has 0 rings (SSSR count). The van der Waals surface area contributed by atoms with Gasteiger partial charge in [-0.05, 0) is 6.92 Å². The van der Waals surface area contributed by atoms with Crippen LogP contribution in [-0.2, 0) is 9.59 Å². The summed E-state index contributed by atoms with van der Waals surface area (Å²) >= 11 is 0. The highest BCUT2D eigenvalue weighted by atomic mass is 16.3. The minimum Gasteiger partial charge on any atom is -0.391 e. The molecule has 0 aromatic carbocycles. The average Bonchev–Trinajstić information content (AvgIpc) is 2.30. The lowest BCUT2D eigenvalue weighted by atomic mass is 10.2. The van der Waals surface area contributed by atoms with Gasteiger partial charge in [0, 0.05) is 0 Å². The van der Waals surface area contributed by atoms with Crippen LogP contribution in [0, 0.1) is 0 Å². The van der Waals surface area contributed by atoms with Crippen molar-refractivity contribution >= 4 is 11.8 Å². The number of hydrogen-bond acceptors (Lipinski definition) is 4. The Balaban J connectivity index is -0.000000376. The second-order valence-corrected chi connectivity index (χ2v) is 2.45.